The average Bonchev–Trinajstić information content (AvgIpc) is 2.56. The zero-order chi connectivity index (χ0) is 16.3. The van der Waals surface area contributed by atoms with E-state index in [0.29, 0.717) is 6.42 Å². The molecule has 3 N–H and O–H groups in total. The third-order valence-electron chi connectivity index (χ3n) is 5.92. The maximum atomic E-state index is 11.2. The highest BCUT2D eigenvalue weighted by molar-refractivity contribution is 5.40. The SMILES string of the molecule is OCc1cccc(C2(O)CCCCC2)c1CC1(O)CCCCC1. The van der Waals surface area contributed by atoms with Crippen molar-refractivity contribution < 1.29 is 15.3 Å². The second kappa shape index (κ2) is 6.92. The van der Waals surface area contributed by atoms with Gasteiger partial charge in [0.15, 0.2) is 0 Å². The van der Waals surface area contributed by atoms with Crippen LogP contribution < -0.4 is 0 Å². The number of aliphatic hydroxyl groups excluding tert-OH is 1. The molecule has 3 heteroatoms. The Morgan fingerprint density at radius 3 is 2.04 bits per heavy atom. The van der Waals surface area contributed by atoms with Crippen molar-refractivity contribution in [3.8, 4) is 0 Å². The highest BCUT2D eigenvalue weighted by Crippen LogP contribution is 2.41. The fraction of sp³-hybridized carbons (Fsp3) is 0.700. The summed E-state index contributed by atoms with van der Waals surface area (Å²) >= 11 is 0. The molecule has 2 fully saturated rings. The molecule has 0 saturated heterocycles. The summed E-state index contributed by atoms with van der Waals surface area (Å²) in [5.41, 5.74) is 1.33. The summed E-state index contributed by atoms with van der Waals surface area (Å²) in [5.74, 6) is 0. The van der Waals surface area contributed by atoms with Gasteiger partial charge in [-0.1, -0.05) is 56.7 Å². The van der Waals surface area contributed by atoms with Gasteiger partial charge < -0.3 is 15.3 Å². The van der Waals surface area contributed by atoms with Crippen LogP contribution >= 0.6 is 0 Å². The molecule has 0 atom stereocenters. The molecule has 0 aliphatic heterocycles. The Morgan fingerprint density at radius 2 is 1.43 bits per heavy atom. The van der Waals surface area contributed by atoms with E-state index in [4.69, 9.17) is 0 Å². The van der Waals surface area contributed by atoms with E-state index in [1.54, 1.807) is 0 Å². The average molecular weight is 318 g/mol. The molecule has 0 aromatic heterocycles. The molecule has 0 heterocycles. The lowest BCUT2D eigenvalue weighted by molar-refractivity contribution is -0.00940. The lowest BCUT2D eigenvalue weighted by atomic mass is 9.73. The molecular weight excluding hydrogens is 288 g/mol. The molecule has 0 bridgehead atoms. The lowest BCUT2D eigenvalue weighted by Crippen LogP contribution is -2.37. The summed E-state index contributed by atoms with van der Waals surface area (Å²) in [7, 11) is 0. The van der Waals surface area contributed by atoms with Crippen LogP contribution in [0.1, 0.15) is 80.9 Å². The predicted octanol–water partition coefficient (Wildman–Crippen LogP) is 3.57. The molecule has 23 heavy (non-hydrogen) atoms. The fourth-order valence-corrected chi connectivity index (χ4v) is 4.55. The summed E-state index contributed by atoms with van der Waals surface area (Å²) in [6.45, 7) is -0.0324. The standard InChI is InChI=1S/C20H30O3/c21-15-16-8-7-9-18(20(23)12-5-2-6-13-20)17(16)14-19(22)10-3-1-4-11-19/h7-9,21-23H,1-6,10-15H2. The van der Waals surface area contributed by atoms with Gasteiger partial charge >= 0.3 is 0 Å². The van der Waals surface area contributed by atoms with Crippen LogP contribution in [0.3, 0.4) is 0 Å². The van der Waals surface area contributed by atoms with E-state index in [2.05, 4.69) is 0 Å². The van der Waals surface area contributed by atoms with Gasteiger partial charge in [-0.25, -0.2) is 0 Å². The van der Waals surface area contributed by atoms with Crippen molar-refractivity contribution in [1.82, 2.24) is 0 Å². The first-order valence-corrected chi connectivity index (χ1v) is 9.23. The Hall–Kier alpha value is -0.900. The number of aliphatic hydroxyl groups is 3. The molecule has 2 saturated carbocycles. The zero-order valence-electron chi connectivity index (χ0n) is 14.1. The summed E-state index contributed by atoms with van der Waals surface area (Å²) in [4.78, 5) is 0. The van der Waals surface area contributed by atoms with Crippen LogP contribution in [0.2, 0.25) is 0 Å². The van der Waals surface area contributed by atoms with E-state index < -0.39 is 11.2 Å². The van der Waals surface area contributed by atoms with Gasteiger partial charge in [-0.15, -0.1) is 0 Å². The Labute approximate surface area is 139 Å². The van der Waals surface area contributed by atoms with Crippen molar-refractivity contribution in [3.63, 3.8) is 0 Å². The van der Waals surface area contributed by atoms with Crippen LogP contribution in [-0.2, 0) is 18.6 Å². The Morgan fingerprint density at radius 1 is 0.826 bits per heavy atom. The van der Waals surface area contributed by atoms with E-state index in [0.717, 1.165) is 68.1 Å². The van der Waals surface area contributed by atoms with Crippen molar-refractivity contribution in [2.75, 3.05) is 0 Å². The van der Waals surface area contributed by atoms with Gasteiger partial charge in [0, 0.05) is 6.42 Å². The van der Waals surface area contributed by atoms with E-state index in [1.807, 2.05) is 18.2 Å². The van der Waals surface area contributed by atoms with Crippen LogP contribution in [-0.4, -0.2) is 20.9 Å². The fourth-order valence-electron chi connectivity index (χ4n) is 4.55. The van der Waals surface area contributed by atoms with E-state index >= 15 is 0 Å². The van der Waals surface area contributed by atoms with Crippen LogP contribution in [0.15, 0.2) is 18.2 Å². The van der Waals surface area contributed by atoms with Gasteiger partial charge in [-0.05, 0) is 42.4 Å². The van der Waals surface area contributed by atoms with E-state index in [9.17, 15) is 15.3 Å². The van der Waals surface area contributed by atoms with Gasteiger partial charge in [0.25, 0.3) is 0 Å². The van der Waals surface area contributed by atoms with Crippen LogP contribution in [0.4, 0.5) is 0 Å². The third-order valence-corrected chi connectivity index (χ3v) is 5.92. The molecule has 3 rings (SSSR count). The number of hydrogen-bond donors (Lipinski definition) is 3. The van der Waals surface area contributed by atoms with Crippen molar-refractivity contribution in [2.45, 2.75) is 88.4 Å². The highest BCUT2D eigenvalue weighted by atomic mass is 16.3. The summed E-state index contributed by atoms with van der Waals surface area (Å²) in [6.07, 6.45) is 10.4. The molecule has 0 unspecified atom stereocenters. The monoisotopic (exact) mass is 318 g/mol. The molecule has 1 aromatic carbocycles. The largest absolute Gasteiger partial charge is 0.392 e. The van der Waals surface area contributed by atoms with Crippen molar-refractivity contribution in [3.05, 3.63) is 34.9 Å². The molecule has 1 aromatic rings. The first kappa shape index (κ1) is 16.9. The normalized spacial score (nSPS) is 23.6. The van der Waals surface area contributed by atoms with Crippen molar-refractivity contribution >= 4 is 0 Å². The summed E-state index contributed by atoms with van der Waals surface area (Å²) in [5, 5.41) is 32.0. The second-order valence-electron chi connectivity index (χ2n) is 7.66. The van der Waals surface area contributed by atoms with Crippen LogP contribution in [0.5, 0.6) is 0 Å². The highest BCUT2D eigenvalue weighted by Gasteiger charge is 2.37. The van der Waals surface area contributed by atoms with Gasteiger partial charge in [0.1, 0.15) is 0 Å². The van der Waals surface area contributed by atoms with E-state index in [-0.39, 0.29) is 6.61 Å². The molecule has 3 nitrogen and oxygen atoms in total. The van der Waals surface area contributed by atoms with Crippen molar-refractivity contribution in [2.24, 2.45) is 0 Å². The summed E-state index contributed by atoms with van der Waals surface area (Å²) < 4.78 is 0. The lowest BCUT2D eigenvalue weighted by Gasteiger charge is -2.38. The molecule has 2 aliphatic rings. The topological polar surface area (TPSA) is 60.7 Å². The Kier molecular flexibility index (Phi) is 5.10. The summed E-state index contributed by atoms with van der Waals surface area (Å²) in [6, 6.07) is 5.87. The minimum absolute atomic E-state index is 0.0324. The van der Waals surface area contributed by atoms with Gasteiger partial charge in [0.2, 0.25) is 0 Å². The molecule has 128 valence electrons. The minimum Gasteiger partial charge on any atom is -0.392 e. The first-order chi connectivity index (χ1) is 11.1. The predicted molar refractivity (Wildman–Crippen MR) is 91.1 cm³/mol. The smallest absolute Gasteiger partial charge is 0.0899 e. The molecule has 0 amide bonds. The van der Waals surface area contributed by atoms with Crippen LogP contribution in [0, 0.1) is 0 Å². The van der Waals surface area contributed by atoms with Crippen LogP contribution in [0.25, 0.3) is 0 Å². The number of rotatable bonds is 4. The Bertz CT molecular complexity index is 526. The van der Waals surface area contributed by atoms with Gasteiger partial charge in [-0.3, -0.25) is 0 Å². The zero-order valence-corrected chi connectivity index (χ0v) is 14.1. The van der Waals surface area contributed by atoms with Gasteiger partial charge in [0.05, 0.1) is 17.8 Å². The minimum atomic E-state index is -0.788. The maximum absolute atomic E-state index is 11.2. The maximum Gasteiger partial charge on any atom is 0.0899 e. The van der Waals surface area contributed by atoms with Gasteiger partial charge in [-0.2, -0.15) is 0 Å². The third kappa shape index (κ3) is 3.62. The number of benzene rings is 1. The molecule has 0 radical (unpaired) electrons. The Balaban J connectivity index is 1.96. The molecule has 2 aliphatic carbocycles. The first-order valence-electron chi connectivity index (χ1n) is 9.23. The molecular formula is C20H30O3. The second-order valence-corrected chi connectivity index (χ2v) is 7.66. The van der Waals surface area contributed by atoms with E-state index in [1.165, 1.54) is 12.8 Å². The quantitative estimate of drug-likeness (QED) is 0.795. The van der Waals surface area contributed by atoms with Crippen molar-refractivity contribution in [1.29, 1.82) is 0 Å². The number of hydrogen-bond acceptors (Lipinski definition) is 3. The molecule has 0 spiro atoms.